The number of halogens is 3. The van der Waals surface area contributed by atoms with Crippen LogP contribution in [0.3, 0.4) is 0 Å². The second-order valence-corrected chi connectivity index (χ2v) is 15.0. The van der Waals surface area contributed by atoms with Crippen molar-refractivity contribution in [3.63, 3.8) is 0 Å². The van der Waals surface area contributed by atoms with Gasteiger partial charge in [-0.3, -0.25) is 0 Å². The number of benzene rings is 2. The van der Waals surface area contributed by atoms with Gasteiger partial charge in [-0.1, -0.05) is 36.4 Å². The smallest absolute Gasteiger partial charge is 0.172 e. The van der Waals surface area contributed by atoms with Crippen LogP contribution >= 0.6 is 37.5 Å². The monoisotopic (exact) mass is 462 g/mol. The average molecular weight is 464 g/mol. The quantitative estimate of drug-likeness (QED) is 0.273. The van der Waals surface area contributed by atoms with Crippen LogP contribution in [0, 0.1) is 5.92 Å². The molecule has 0 spiro atoms. The van der Waals surface area contributed by atoms with Crippen LogP contribution in [0.25, 0.3) is 0 Å². The molecule has 0 saturated carbocycles. The molecule has 0 aromatic heterocycles. The fourth-order valence-electron chi connectivity index (χ4n) is 2.26. The minimum Gasteiger partial charge on any atom is -0.214 e. The molecule has 0 N–H and O–H groups in total. The summed E-state index contributed by atoms with van der Waals surface area (Å²) in [6.45, 7) is 4.67. The van der Waals surface area contributed by atoms with Crippen LogP contribution in [0.15, 0.2) is 91.0 Å². The van der Waals surface area contributed by atoms with Crippen molar-refractivity contribution in [3.8, 4) is 0 Å². The van der Waals surface area contributed by atoms with Gasteiger partial charge in [0, 0.05) is 0 Å². The van der Waals surface area contributed by atoms with E-state index >= 15 is 0 Å². The molecule has 0 amide bonds. The Kier molecular flexibility index (Phi) is 13.2. The molecular weight excluding hydrogens is 441 g/mol. The molecule has 0 aliphatic carbocycles. The van der Waals surface area contributed by atoms with Crippen LogP contribution in [-0.2, 0) is 12.3 Å². The Hall–Kier alpha value is -0.456. The molecule has 0 heterocycles. The number of hydrogen-bond donors (Lipinski definition) is 0. The molecule has 26 heavy (non-hydrogen) atoms. The first-order valence-electron chi connectivity index (χ1n) is 8.06. The first kappa shape index (κ1) is 23.6. The Labute approximate surface area is 176 Å². The molecule has 140 valence electrons. The summed E-state index contributed by atoms with van der Waals surface area (Å²) in [5.41, 5.74) is 2.71. The van der Waals surface area contributed by atoms with Crippen molar-refractivity contribution < 1.29 is 12.3 Å². The molecule has 0 atom stereocenters. The predicted octanol–water partition coefficient (Wildman–Crippen LogP) is 7.87. The Morgan fingerprint density at radius 1 is 0.769 bits per heavy atom. The number of hydrogen-bond acceptors (Lipinski definition) is 0. The van der Waals surface area contributed by atoms with Gasteiger partial charge in [-0.2, -0.15) is 18.2 Å². The summed E-state index contributed by atoms with van der Waals surface area (Å²) in [5.74, 6) is 1.47. The van der Waals surface area contributed by atoms with Gasteiger partial charge in [0.15, 0.2) is 0 Å². The van der Waals surface area contributed by atoms with E-state index < -0.39 is 12.3 Å². The van der Waals surface area contributed by atoms with Crippen LogP contribution in [0.1, 0.15) is 11.1 Å². The van der Waals surface area contributed by atoms with Gasteiger partial charge in [0.2, 0.25) is 0 Å². The molecule has 0 aliphatic heterocycles. The third kappa shape index (κ3) is 11.3. The molecule has 0 bridgehead atoms. The van der Waals surface area contributed by atoms with E-state index in [-0.39, 0.29) is 7.92 Å². The summed E-state index contributed by atoms with van der Waals surface area (Å²) in [5, 5.41) is 0. The van der Waals surface area contributed by atoms with Gasteiger partial charge in [0.1, 0.15) is 0 Å². The SMILES string of the molecule is CP(C)C[C-](c1ccccc1)c1ccccc1.[Cl][V]([Cl])[Cl].c1cc[cH-]c1. The summed E-state index contributed by atoms with van der Waals surface area (Å²) in [6, 6.07) is 31.5. The summed E-state index contributed by atoms with van der Waals surface area (Å²) < 4.78 is 0. The predicted molar refractivity (Wildman–Crippen MR) is 118 cm³/mol. The van der Waals surface area contributed by atoms with Crippen molar-refractivity contribution in [2.75, 3.05) is 19.5 Å². The fraction of sp³-hybridized carbons (Fsp3) is 0.143. The van der Waals surface area contributed by atoms with E-state index in [4.69, 9.17) is 29.5 Å². The first-order chi connectivity index (χ1) is 12.5. The summed E-state index contributed by atoms with van der Waals surface area (Å²) in [4.78, 5) is 0. The van der Waals surface area contributed by atoms with Gasteiger partial charge in [0.25, 0.3) is 0 Å². The van der Waals surface area contributed by atoms with Gasteiger partial charge in [-0.15, -0.1) is 49.2 Å². The molecule has 0 fully saturated rings. The van der Waals surface area contributed by atoms with E-state index in [1.54, 1.807) is 0 Å². The van der Waals surface area contributed by atoms with Crippen LogP contribution in [0.5, 0.6) is 0 Å². The van der Waals surface area contributed by atoms with E-state index in [1.165, 1.54) is 23.2 Å². The van der Waals surface area contributed by atoms with Crippen LogP contribution in [0.4, 0.5) is 0 Å². The molecular formula is C21H23Cl3PV-2. The normalized spacial score (nSPS) is 9.81. The van der Waals surface area contributed by atoms with Gasteiger partial charge in [-0.25, -0.2) is 12.1 Å². The van der Waals surface area contributed by atoms with E-state index in [9.17, 15) is 0 Å². The van der Waals surface area contributed by atoms with Crippen LogP contribution < -0.4 is 0 Å². The standard InChI is InChI=1S/C16H18P.C5H5.3ClH.V/c1-17(2)13-16(14-9-5-3-6-10-14)15-11-7-4-8-12-15;1-2-4-5-3-1;;;;/h3-12H,13H2,1-2H3;1-5H;3*1H;/q2*-1;;;;+3/p-3. The van der Waals surface area contributed by atoms with Crippen molar-refractivity contribution in [2.45, 2.75) is 0 Å². The van der Waals surface area contributed by atoms with E-state index in [0.29, 0.717) is 0 Å². The molecule has 3 rings (SSSR count). The largest absolute Gasteiger partial charge is 0.214 e. The molecule has 5 heteroatoms. The summed E-state index contributed by atoms with van der Waals surface area (Å²) in [6.07, 6.45) is 1.18. The Morgan fingerprint density at radius 3 is 1.42 bits per heavy atom. The van der Waals surface area contributed by atoms with Crippen molar-refractivity contribution in [3.05, 3.63) is 108 Å². The maximum atomic E-state index is 4.95. The molecule has 0 unspecified atom stereocenters. The van der Waals surface area contributed by atoms with E-state index in [2.05, 4.69) is 74.0 Å². The second kappa shape index (κ2) is 14.6. The zero-order valence-electron chi connectivity index (χ0n) is 14.9. The third-order valence-corrected chi connectivity index (χ3v) is 4.22. The second-order valence-electron chi connectivity index (χ2n) is 5.60. The van der Waals surface area contributed by atoms with E-state index in [1.807, 2.05) is 30.3 Å². The molecule has 0 saturated heterocycles. The van der Waals surface area contributed by atoms with E-state index in [0.717, 1.165) is 0 Å². The van der Waals surface area contributed by atoms with Crippen molar-refractivity contribution in [1.29, 1.82) is 0 Å². The van der Waals surface area contributed by atoms with Crippen LogP contribution in [-0.4, -0.2) is 19.5 Å². The average Bonchev–Trinajstić information content (AvgIpc) is 3.20. The fourth-order valence-corrected chi connectivity index (χ4v) is 3.26. The van der Waals surface area contributed by atoms with Crippen LogP contribution in [0.2, 0.25) is 0 Å². The zero-order valence-corrected chi connectivity index (χ0v) is 19.5. The zero-order chi connectivity index (χ0) is 19.2. The maximum absolute atomic E-state index is 4.95. The Morgan fingerprint density at radius 2 is 1.15 bits per heavy atom. The minimum absolute atomic E-state index is 0.0759. The topological polar surface area (TPSA) is 0 Å². The summed E-state index contributed by atoms with van der Waals surface area (Å²) in [7, 11) is 14.9. The maximum Gasteiger partial charge on any atom is -0.172 e. The van der Waals surface area contributed by atoms with Crippen molar-refractivity contribution in [2.24, 2.45) is 0 Å². The molecule has 3 aromatic rings. The number of rotatable bonds is 4. The molecule has 3 aromatic carbocycles. The van der Waals surface area contributed by atoms with Crippen molar-refractivity contribution in [1.82, 2.24) is 0 Å². The summed E-state index contributed by atoms with van der Waals surface area (Å²) >= 11 is -1.77. The van der Waals surface area contributed by atoms with Gasteiger partial charge < -0.3 is 0 Å². The molecule has 0 radical (unpaired) electrons. The van der Waals surface area contributed by atoms with Gasteiger partial charge in [0.05, 0.1) is 0 Å². The van der Waals surface area contributed by atoms with Crippen molar-refractivity contribution >= 4 is 37.5 Å². The third-order valence-electron chi connectivity index (χ3n) is 3.27. The Balaban J connectivity index is 0.000000309. The van der Waals surface area contributed by atoms with Gasteiger partial charge >= 0.3 is 41.8 Å². The molecule has 0 aliphatic rings. The molecule has 0 nitrogen and oxygen atoms in total. The first-order valence-corrected chi connectivity index (χ1v) is 16.2. The van der Waals surface area contributed by atoms with Gasteiger partial charge in [-0.05, 0) is 19.5 Å². The minimum atomic E-state index is -1.77. The Bertz CT molecular complexity index is 599.